The van der Waals surface area contributed by atoms with Crippen LogP contribution in [0, 0.1) is 6.92 Å². The minimum Gasteiger partial charge on any atom is -0.490 e. The lowest BCUT2D eigenvalue weighted by molar-refractivity contribution is 0.319. The lowest BCUT2D eigenvalue weighted by Gasteiger charge is -2.16. The van der Waals surface area contributed by atoms with Crippen LogP contribution in [0.3, 0.4) is 0 Å². The van der Waals surface area contributed by atoms with Gasteiger partial charge in [-0.15, -0.1) is 0 Å². The predicted octanol–water partition coefficient (Wildman–Crippen LogP) is 3.64. The zero-order valence-electron chi connectivity index (χ0n) is 13.1. The molecule has 0 saturated heterocycles. The van der Waals surface area contributed by atoms with E-state index in [1.54, 1.807) is 0 Å². The highest BCUT2D eigenvalue weighted by atomic mass is 16.5. The van der Waals surface area contributed by atoms with Crippen molar-refractivity contribution in [3.8, 4) is 17.2 Å². The maximum Gasteiger partial charge on any atom is 0.169 e. The van der Waals surface area contributed by atoms with E-state index in [-0.39, 0.29) is 0 Å². The second kappa shape index (κ2) is 7.09. The van der Waals surface area contributed by atoms with Crippen molar-refractivity contribution in [2.45, 2.75) is 20.4 Å². The number of hydrogen-bond donors (Lipinski definition) is 0. The molecule has 0 atom stereocenters. The molecule has 1 aromatic heterocycles. The Morgan fingerprint density at radius 1 is 1.10 bits per heavy atom. The topological polar surface area (TPSA) is 34.6 Å². The molecule has 2 rings (SSSR count). The van der Waals surface area contributed by atoms with Crippen LogP contribution in [0.25, 0.3) is 0 Å². The zero-order chi connectivity index (χ0) is 15.2. The number of benzene rings is 1. The van der Waals surface area contributed by atoms with E-state index in [2.05, 4.69) is 9.88 Å². The average molecular weight is 286 g/mol. The number of pyridine rings is 1. The Morgan fingerprint density at radius 3 is 2.48 bits per heavy atom. The van der Waals surface area contributed by atoms with Crippen molar-refractivity contribution in [1.82, 2.24) is 9.88 Å². The lowest BCUT2D eigenvalue weighted by atomic mass is 10.2. The van der Waals surface area contributed by atoms with Gasteiger partial charge in [0.1, 0.15) is 5.75 Å². The van der Waals surface area contributed by atoms with Crippen molar-refractivity contribution in [3.63, 3.8) is 0 Å². The smallest absolute Gasteiger partial charge is 0.169 e. The van der Waals surface area contributed by atoms with Crippen molar-refractivity contribution in [1.29, 1.82) is 0 Å². The molecule has 1 heterocycles. The summed E-state index contributed by atoms with van der Waals surface area (Å²) in [6, 6.07) is 9.67. The van der Waals surface area contributed by atoms with Gasteiger partial charge in [0.25, 0.3) is 0 Å². The zero-order valence-corrected chi connectivity index (χ0v) is 13.1. The van der Waals surface area contributed by atoms with Gasteiger partial charge in [-0.3, -0.25) is 4.98 Å². The van der Waals surface area contributed by atoms with E-state index in [0.29, 0.717) is 6.61 Å². The summed E-state index contributed by atoms with van der Waals surface area (Å²) in [5, 5.41) is 0. The first-order valence-corrected chi connectivity index (χ1v) is 7.10. The molecule has 2 aromatic rings. The van der Waals surface area contributed by atoms with Crippen molar-refractivity contribution in [3.05, 3.63) is 47.8 Å². The van der Waals surface area contributed by atoms with Crippen LogP contribution in [0.15, 0.2) is 36.5 Å². The highest BCUT2D eigenvalue weighted by molar-refractivity contribution is 5.44. The number of hydrogen-bond acceptors (Lipinski definition) is 4. The van der Waals surface area contributed by atoms with Gasteiger partial charge >= 0.3 is 0 Å². The molecule has 112 valence electrons. The maximum absolute atomic E-state index is 6.08. The highest BCUT2D eigenvalue weighted by Gasteiger charge is 2.10. The molecule has 0 aliphatic carbocycles. The quantitative estimate of drug-likeness (QED) is 0.812. The average Bonchev–Trinajstić information content (AvgIpc) is 2.44. The van der Waals surface area contributed by atoms with E-state index < -0.39 is 0 Å². The van der Waals surface area contributed by atoms with Crippen LogP contribution in [0.1, 0.15) is 18.2 Å². The third-order valence-electron chi connectivity index (χ3n) is 2.94. The van der Waals surface area contributed by atoms with Crippen LogP contribution in [0.2, 0.25) is 0 Å². The largest absolute Gasteiger partial charge is 0.490 e. The van der Waals surface area contributed by atoms with E-state index in [0.717, 1.165) is 35.1 Å². The third kappa shape index (κ3) is 4.20. The molecule has 0 saturated carbocycles. The van der Waals surface area contributed by atoms with Crippen LogP contribution < -0.4 is 9.47 Å². The number of aromatic nitrogens is 1. The van der Waals surface area contributed by atoms with E-state index >= 15 is 0 Å². The third-order valence-corrected chi connectivity index (χ3v) is 2.94. The molecular weight excluding hydrogens is 264 g/mol. The summed E-state index contributed by atoms with van der Waals surface area (Å²) in [5.74, 6) is 2.30. The predicted molar refractivity (Wildman–Crippen MR) is 84.1 cm³/mol. The Labute approximate surface area is 126 Å². The van der Waals surface area contributed by atoms with Crippen molar-refractivity contribution in [2.75, 3.05) is 20.7 Å². The molecule has 21 heavy (non-hydrogen) atoms. The Bertz CT molecular complexity index is 597. The summed E-state index contributed by atoms with van der Waals surface area (Å²) < 4.78 is 11.7. The molecule has 0 bridgehead atoms. The summed E-state index contributed by atoms with van der Waals surface area (Å²) in [6.07, 6.45) is 1.87. The molecule has 0 N–H and O–H groups in total. The molecule has 1 aromatic carbocycles. The van der Waals surface area contributed by atoms with Gasteiger partial charge in [-0.1, -0.05) is 12.1 Å². The second-order valence-corrected chi connectivity index (χ2v) is 5.15. The fourth-order valence-electron chi connectivity index (χ4n) is 2.05. The summed E-state index contributed by atoms with van der Waals surface area (Å²) in [4.78, 5) is 6.45. The number of aryl methyl sites for hydroxylation is 1. The first-order valence-electron chi connectivity index (χ1n) is 7.10. The number of para-hydroxylation sites is 2. The summed E-state index contributed by atoms with van der Waals surface area (Å²) in [7, 11) is 4.05. The van der Waals surface area contributed by atoms with E-state index in [9.17, 15) is 0 Å². The molecule has 0 spiro atoms. The Balaban J connectivity index is 2.32. The first-order chi connectivity index (χ1) is 10.1. The van der Waals surface area contributed by atoms with Crippen LogP contribution in [0.4, 0.5) is 0 Å². The summed E-state index contributed by atoms with van der Waals surface area (Å²) >= 11 is 0. The Hall–Kier alpha value is -2.07. The van der Waals surface area contributed by atoms with Gasteiger partial charge in [0.05, 0.1) is 6.61 Å². The number of nitrogens with zero attached hydrogens (tertiary/aromatic N) is 2. The van der Waals surface area contributed by atoms with Crippen molar-refractivity contribution in [2.24, 2.45) is 0 Å². The van der Waals surface area contributed by atoms with E-state index in [1.165, 1.54) is 0 Å². The summed E-state index contributed by atoms with van der Waals surface area (Å²) in [6.45, 7) is 5.31. The Morgan fingerprint density at radius 2 is 1.81 bits per heavy atom. The van der Waals surface area contributed by atoms with E-state index in [1.807, 2.05) is 64.5 Å². The molecule has 0 unspecified atom stereocenters. The molecule has 0 radical (unpaired) electrons. The fourth-order valence-corrected chi connectivity index (χ4v) is 2.05. The van der Waals surface area contributed by atoms with Crippen LogP contribution in [0.5, 0.6) is 17.2 Å². The number of ether oxygens (including phenoxy) is 2. The van der Waals surface area contributed by atoms with E-state index in [4.69, 9.17) is 9.47 Å². The lowest BCUT2D eigenvalue weighted by Crippen LogP contribution is -2.12. The highest BCUT2D eigenvalue weighted by Crippen LogP contribution is 2.33. The van der Waals surface area contributed by atoms with Gasteiger partial charge in [-0.2, -0.15) is 0 Å². The SMILES string of the molecule is CCOc1ccccc1Oc1cc(C)ncc1CN(C)C. The number of rotatable bonds is 6. The van der Waals surface area contributed by atoms with Crippen molar-refractivity contribution >= 4 is 0 Å². The molecule has 0 fully saturated rings. The minimum absolute atomic E-state index is 0.611. The first kappa shape index (κ1) is 15.3. The monoisotopic (exact) mass is 286 g/mol. The van der Waals surface area contributed by atoms with Crippen LogP contribution >= 0.6 is 0 Å². The molecule has 0 aliphatic rings. The van der Waals surface area contributed by atoms with Gasteiger partial charge < -0.3 is 14.4 Å². The van der Waals surface area contributed by atoms with Gasteiger partial charge in [0.2, 0.25) is 0 Å². The molecule has 4 nitrogen and oxygen atoms in total. The fraction of sp³-hybridized carbons (Fsp3) is 0.353. The normalized spacial score (nSPS) is 10.7. The van der Waals surface area contributed by atoms with Gasteiger partial charge in [0.15, 0.2) is 11.5 Å². The van der Waals surface area contributed by atoms with Crippen molar-refractivity contribution < 1.29 is 9.47 Å². The second-order valence-electron chi connectivity index (χ2n) is 5.15. The molecule has 0 amide bonds. The Kier molecular flexibility index (Phi) is 5.17. The van der Waals surface area contributed by atoms with Crippen LogP contribution in [-0.4, -0.2) is 30.6 Å². The van der Waals surface area contributed by atoms with Gasteiger partial charge in [-0.05, 0) is 40.1 Å². The summed E-state index contributed by atoms with van der Waals surface area (Å²) in [5.41, 5.74) is 1.98. The van der Waals surface area contributed by atoms with Crippen LogP contribution in [-0.2, 0) is 6.54 Å². The minimum atomic E-state index is 0.611. The standard InChI is InChI=1S/C17H22N2O2/c1-5-20-15-8-6-7-9-16(15)21-17-10-13(2)18-11-14(17)12-19(3)4/h6-11H,5,12H2,1-4H3. The molecule has 0 aliphatic heterocycles. The maximum atomic E-state index is 6.08. The molecular formula is C17H22N2O2. The van der Waals surface area contributed by atoms with Gasteiger partial charge in [-0.25, -0.2) is 0 Å². The molecule has 4 heteroatoms. The van der Waals surface area contributed by atoms with Gasteiger partial charge in [0, 0.05) is 30.1 Å².